The van der Waals surface area contributed by atoms with Crippen LogP contribution in [-0.2, 0) is 0 Å². The molecule has 0 radical (unpaired) electrons. The van der Waals surface area contributed by atoms with Gasteiger partial charge in [0.05, 0.1) is 35.9 Å². The Kier molecular flexibility index (Phi) is 6.99. The number of aliphatic hydroxyl groups is 4. The average molecular weight is 517 g/mol. The summed E-state index contributed by atoms with van der Waals surface area (Å²) in [6, 6.07) is 0.498. The van der Waals surface area contributed by atoms with Crippen molar-refractivity contribution in [2.24, 2.45) is 0 Å². The molecule has 1 aromatic carbocycles. The van der Waals surface area contributed by atoms with Crippen LogP contribution in [0.5, 0.6) is 0 Å². The fourth-order valence-corrected chi connectivity index (χ4v) is 8.34. The Morgan fingerprint density at radius 1 is 1.23 bits per heavy atom. The zero-order chi connectivity index (χ0) is 25.7. The summed E-state index contributed by atoms with van der Waals surface area (Å²) >= 11 is 0. The molecular weight excluding hydrogens is 489 g/mol. The number of thiol groups is 1. The Morgan fingerprint density at radius 3 is 2.43 bits per heavy atom. The van der Waals surface area contributed by atoms with E-state index in [0.29, 0.717) is 11.3 Å². The van der Waals surface area contributed by atoms with E-state index >= 15 is 0 Å². The van der Waals surface area contributed by atoms with Crippen LogP contribution in [0.15, 0.2) is 29.1 Å². The van der Waals surface area contributed by atoms with Crippen LogP contribution in [0.1, 0.15) is 36.4 Å². The van der Waals surface area contributed by atoms with Crippen molar-refractivity contribution in [3.63, 3.8) is 0 Å². The molecule has 0 bridgehead atoms. The predicted molar refractivity (Wildman–Crippen MR) is 121 cm³/mol. The Labute approximate surface area is 201 Å². The highest BCUT2D eigenvalue weighted by Gasteiger charge is 2.49. The molecule has 35 heavy (non-hydrogen) atoms. The van der Waals surface area contributed by atoms with Crippen LogP contribution in [0.3, 0.4) is 0 Å². The van der Waals surface area contributed by atoms with Crippen LogP contribution < -0.4 is 0 Å². The molecule has 1 fully saturated rings. The highest BCUT2D eigenvalue weighted by atomic mass is 32.2. The van der Waals surface area contributed by atoms with Gasteiger partial charge in [-0.05, 0) is 32.9 Å². The fraction of sp³-hybridized carbons (Fsp3) is 0.500. The van der Waals surface area contributed by atoms with Crippen LogP contribution in [0.25, 0.3) is 11.3 Å². The number of rotatable bonds is 6. The zero-order valence-electron chi connectivity index (χ0n) is 19.2. The molecule has 1 saturated heterocycles. The first-order valence-corrected chi connectivity index (χ1v) is 12.5. The van der Waals surface area contributed by atoms with E-state index in [0.717, 1.165) is 12.1 Å². The van der Waals surface area contributed by atoms with Gasteiger partial charge >= 0.3 is 0 Å². The Bertz CT molecular complexity index is 1180. The second kappa shape index (κ2) is 9.54. The van der Waals surface area contributed by atoms with Gasteiger partial charge in [0.1, 0.15) is 23.7 Å². The zero-order valence-corrected chi connectivity index (χ0v) is 20.1. The third-order valence-corrected chi connectivity index (χ3v) is 9.95. The van der Waals surface area contributed by atoms with E-state index in [4.69, 9.17) is 4.52 Å². The summed E-state index contributed by atoms with van der Waals surface area (Å²) in [5, 5.41) is 53.9. The SMILES string of the molecule is Cc1conc1C([SH]1C[C@H](O)[C@H](n2cc(-c3cc(F)c(F)c(F)c3)nn2)[C@@H](O)[C@H]1CO)C(C)(C)O. The number of aromatic nitrogens is 4. The molecule has 1 aliphatic rings. The lowest BCUT2D eigenvalue weighted by molar-refractivity contribution is 0.00561. The van der Waals surface area contributed by atoms with Crippen molar-refractivity contribution in [3.8, 4) is 11.3 Å². The minimum absolute atomic E-state index is 0.00294. The number of hydrogen-bond donors (Lipinski definition) is 5. The van der Waals surface area contributed by atoms with Crippen molar-refractivity contribution in [1.29, 1.82) is 0 Å². The lowest BCUT2D eigenvalue weighted by atomic mass is 10.00. The summed E-state index contributed by atoms with van der Waals surface area (Å²) in [5.41, 5.74) is -0.185. The maximum absolute atomic E-state index is 13.7. The van der Waals surface area contributed by atoms with Gasteiger partial charge in [-0.25, -0.2) is 28.7 Å². The molecule has 13 heteroatoms. The number of hydrogen-bond acceptors (Lipinski definition) is 8. The first-order chi connectivity index (χ1) is 16.4. The van der Waals surface area contributed by atoms with Crippen molar-refractivity contribution < 1.29 is 38.1 Å². The minimum atomic E-state index is -1.61. The molecule has 9 nitrogen and oxygen atoms in total. The van der Waals surface area contributed by atoms with Gasteiger partial charge in [-0.2, -0.15) is 0 Å². The number of nitrogens with zero attached hydrogens (tertiary/aromatic N) is 4. The molecule has 2 unspecified atom stereocenters. The summed E-state index contributed by atoms with van der Waals surface area (Å²) in [6.45, 7) is 4.52. The van der Waals surface area contributed by atoms with Crippen molar-refractivity contribution >= 4 is 10.9 Å². The largest absolute Gasteiger partial charge is 0.395 e. The molecule has 4 N–H and O–H groups in total. The molecule has 3 aromatic rings. The number of aliphatic hydroxyl groups excluding tert-OH is 3. The molecule has 3 heterocycles. The molecule has 192 valence electrons. The highest BCUT2D eigenvalue weighted by Crippen LogP contribution is 2.57. The van der Waals surface area contributed by atoms with Crippen molar-refractivity contribution in [1.82, 2.24) is 20.2 Å². The Morgan fingerprint density at radius 2 is 1.89 bits per heavy atom. The standard InChI is InChI=1S/C22H27F3N4O5S/c1-10-8-34-27-18(10)21(22(2,3)33)35-9-15(31)19(20(32)16(35)7-30)29-6-14(26-28-29)11-4-12(23)17(25)13(24)5-11/h4-6,8,15-16,19-21,30-33,35H,7,9H2,1-3H3/t15-,16+,19-,20-,21?/m0/s1. The number of halogens is 3. The monoisotopic (exact) mass is 516 g/mol. The van der Waals surface area contributed by atoms with Crippen LogP contribution in [0, 0.1) is 24.4 Å². The normalized spacial score (nSPS) is 27.2. The van der Waals surface area contributed by atoms with Gasteiger partial charge in [0.25, 0.3) is 0 Å². The average Bonchev–Trinajstić information content (AvgIpc) is 3.41. The Balaban J connectivity index is 1.67. The summed E-state index contributed by atoms with van der Waals surface area (Å²) < 4.78 is 46.9. The molecule has 0 saturated carbocycles. The third-order valence-electron chi connectivity index (χ3n) is 6.29. The maximum Gasteiger partial charge on any atom is 0.194 e. The molecule has 0 aliphatic carbocycles. The van der Waals surface area contributed by atoms with Crippen LogP contribution in [0.2, 0.25) is 0 Å². The van der Waals surface area contributed by atoms with Crippen LogP contribution in [-0.4, -0.2) is 76.0 Å². The summed E-state index contributed by atoms with van der Waals surface area (Å²) in [5.74, 6) is -4.27. The molecule has 1 aliphatic heterocycles. The van der Waals surface area contributed by atoms with E-state index < -0.39 is 69.3 Å². The van der Waals surface area contributed by atoms with Crippen molar-refractivity contribution in [2.75, 3.05) is 12.4 Å². The van der Waals surface area contributed by atoms with Crippen LogP contribution in [0.4, 0.5) is 13.2 Å². The topological polar surface area (TPSA) is 138 Å². The Hall–Kier alpha value is -2.45. The van der Waals surface area contributed by atoms with Gasteiger partial charge in [0.2, 0.25) is 0 Å². The third kappa shape index (κ3) is 4.70. The highest BCUT2D eigenvalue weighted by molar-refractivity contribution is 8.18. The lowest BCUT2D eigenvalue weighted by Gasteiger charge is -2.50. The van der Waals surface area contributed by atoms with E-state index in [1.807, 2.05) is 0 Å². The molecular formula is C22H27F3N4O5S. The van der Waals surface area contributed by atoms with Gasteiger partial charge < -0.3 is 24.9 Å². The second-order valence-corrected chi connectivity index (χ2v) is 11.8. The van der Waals surface area contributed by atoms with Gasteiger partial charge in [-0.15, -0.1) is 5.10 Å². The van der Waals surface area contributed by atoms with E-state index in [1.54, 1.807) is 20.8 Å². The van der Waals surface area contributed by atoms with Crippen LogP contribution >= 0.6 is 10.9 Å². The minimum Gasteiger partial charge on any atom is -0.395 e. The molecule has 2 aromatic heterocycles. The van der Waals surface area contributed by atoms with Gasteiger partial charge in [-0.3, -0.25) is 0 Å². The smallest absolute Gasteiger partial charge is 0.194 e. The molecule has 4 rings (SSSR count). The van der Waals surface area contributed by atoms with E-state index in [1.165, 1.54) is 17.1 Å². The van der Waals surface area contributed by atoms with E-state index in [9.17, 15) is 33.6 Å². The van der Waals surface area contributed by atoms with Gasteiger partial charge in [0, 0.05) is 22.1 Å². The first-order valence-electron chi connectivity index (χ1n) is 10.9. The lowest BCUT2D eigenvalue weighted by Crippen LogP contribution is -2.52. The predicted octanol–water partition coefficient (Wildman–Crippen LogP) is 1.81. The summed E-state index contributed by atoms with van der Waals surface area (Å²) in [4.78, 5) is 0. The molecule has 6 atom stereocenters. The molecule has 0 amide bonds. The fourth-order valence-electron chi connectivity index (χ4n) is 4.67. The number of benzene rings is 1. The molecule has 0 spiro atoms. The van der Waals surface area contributed by atoms with E-state index in [2.05, 4.69) is 15.5 Å². The summed E-state index contributed by atoms with van der Waals surface area (Å²) in [6.07, 6.45) is 0.255. The number of aryl methyl sites for hydroxylation is 1. The van der Waals surface area contributed by atoms with Gasteiger partial charge in [-0.1, -0.05) is 10.4 Å². The van der Waals surface area contributed by atoms with Crippen molar-refractivity contribution in [2.45, 2.75) is 55.1 Å². The van der Waals surface area contributed by atoms with Gasteiger partial charge in [0.15, 0.2) is 17.5 Å². The van der Waals surface area contributed by atoms with Crippen molar-refractivity contribution in [3.05, 3.63) is 53.3 Å². The summed E-state index contributed by atoms with van der Waals surface area (Å²) in [7, 11) is -1.42. The first kappa shape index (κ1) is 25.6. The quantitative estimate of drug-likeness (QED) is 0.247. The maximum atomic E-state index is 13.7. The second-order valence-electron chi connectivity index (χ2n) is 9.27. The van der Waals surface area contributed by atoms with E-state index in [-0.39, 0.29) is 17.0 Å².